The molecule has 0 bridgehead atoms. The van der Waals surface area contributed by atoms with Gasteiger partial charge in [-0.3, -0.25) is 9.69 Å². The lowest BCUT2D eigenvalue weighted by molar-refractivity contribution is -0.120. The van der Waals surface area contributed by atoms with E-state index in [1.807, 2.05) is 29.2 Å². The fraction of sp³-hybridized carbons (Fsp3) is 0.500. The van der Waals surface area contributed by atoms with Gasteiger partial charge >= 0.3 is 0 Å². The first kappa shape index (κ1) is 14.9. The summed E-state index contributed by atoms with van der Waals surface area (Å²) in [5, 5.41) is 11.9. The number of amides is 1. The van der Waals surface area contributed by atoms with Gasteiger partial charge in [0, 0.05) is 25.3 Å². The minimum atomic E-state index is -0.197. The number of hydrogen-bond donors (Lipinski definition) is 3. The molecule has 6 heteroatoms. The second kappa shape index (κ2) is 7.35. The lowest BCUT2D eigenvalue weighted by Gasteiger charge is -2.31. The van der Waals surface area contributed by atoms with Crippen LogP contribution in [-0.2, 0) is 16.1 Å². The maximum absolute atomic E-state index is 12.0. The van der Waals surface area contributed by atoms with Gasteiger partial charge < -0.3 is 20.9 Å². The van der Waals surface area contributed by atoms with Gasteiger partial charge in [0.05, 0.1) is 25.9 Å². The molecule has 1 aliphatic heterocycles. The van der Waals surface area contributed by atoms with Crippen molar-refractivity contribution in [1.29, 1.82) is 0 Å². The van der Waals surface area contributed by atoms with Crippen molar-refractivity contribution in [3.8, 4) is 0 Å². The van der Waals surface area contributed by atoms with E-state index in [0.29, 0.717) is 32.8 Å². The molecule has 1 saturated heterocycles. The molecule has 0 saturated carbocycles. The molecule has 1 aliphatic rings. The monoisotopic (exact) mass is 279 g/mol. The second-order valence-electron chi connectivity index (χ2n) is 4.86. The summed E-state index contributed by atoms with van der Waals surface area (Å²) in [6.07, 6.45) is -0.197. The van der Waals surface area contributed by atoms with E-state index in [2.05, 4.69) is 5.32 Å². The molecule has 0 aromatic heterocycles. The van der Waals surface area contributed by atoms with E-state index in [9.17, 15) is 4.79 Å². The number of nitrogens with two attached hydrogens (primary N) is 1. The molecule has 20 heavy (non-hydrogen) atoms. The summed E-state index contributed by atoms with van der Waals surface area (Å²) < 4.78 is 5.35. The van der Waals surface area contributed by atoms with E-state index in [4.69, 9.17) is 15.6 Å². The number of carbonyl (C=O) groups is 1. The predicted molar refractivity (Wildman–Crippen MR) is 76.2 cm³/mol. The van der Waals surface area contributed by atoms with Crippen LogP contribution in [-0.4, -0.2) is 54.9 Å². The third-order valence-electron chi connectivity index (χ3n) is 3.24. The van der Waals surface area contributed by atoms with Crippen LogP contribution in [0, 0.1) is 0 Å². The third kappa shape index (κ3) is 4.28. The van der Waals surface area contributed by atoms with Crippen molar-refractivity contribution in [3.05, 3.63) is 29.8 Å². The number of benzene rings is 1. The van der Waals surface area contributed by atoms with Crippen molar-refractivity contribution in [1.82, 2.24) is 4.90 Å². The average molecular weight is 279 g/mol. The third-order valence-corrected chi connectivity index (χ3v) is 3.24. The highest BCUT2D eigenvalue weighted by Gasteiger charge is 2.21. The first-order valence-electron chi connectivity index (χ1n) is 6.75. The molecule has 0 spiro atoms. The number of ether oxygens (including phenoxy) is 1. The minimum absolute atomic E-state index is 0.0172. The number of nitrogens with zero attached hydrogens (tertiary/aromatic N) is 1. The standard InChI is InChI=1S/C14H21N3O3/c15-7-11-2-1-3-12(6-11)16-14(19)9-17-4-5-20-13(8-17)10-18/h1-3,6,13,18H,4-5,7-10,15H2,(H,16,19). The predicted octanol–water partition coefficient (Wildman–Crippen LogP) is -0.223. The number of aliphatic hydroxyl groups is 1. The van der Waals surface area contributed by atoms with Crippen LogP contribution >= 0.6 is 0 Å². The zero-order valence-electron chi connectivity index (χ0n) is 11.4. The minimum Gasteiger partial charge on any atom is -0.394 e. The van der Waals surface area contributed by atoms with E-state index in [-0.39, 0.29) is 18.6 Å². The van der Waals surface area contributed by atoms with Crippen LogP contribution < -0.4 is 11.1 Å². The summed E-state index contributed by atoms with van der Waals surface area (Å²) >= 11 is 0. The van der Waals surface area contributed by atoms with Crippen molar-refractivity contribution < 1.29 is 14.6 Å². The molecule has 4 N–H and O–H groups in total. The number of rotatable bonds is 5. The summed E-state index contributed by atoms with van der Waals surface area (Å²) in [5.41, 5.74) is 7.31. The van der Waals surface area contributed by atoms with Crippen LogP contribution in [0.15, 0.2) is 24.3 Å². The Morgan fingerprint density at radius 1 is 1.55 bits per heavy atom. The quantitative estimate of drug-likeness (QED) is 0.693. The van der Waals surface area contributed by atoms with E-state index in [1.165, 1.54) is 0 Å². The number of hydrogen-bond acceptors (Lipinski definition) is 5. The first-order chi connectivity index (χ1) is 9.71. The second-order valence-corrected chi connectivity index (χ2v) is 4.86. The van der Waals surface area contributed by atoms with Crippen molar-refractivity contribution >= 4 is 11.6 Å². The van der Waals surface area contributed by atoms with Crippen LogP contribution in [0.5, 0.6) is 0 Å². The van der Waals surface area contributed by atoms with Crippen molar-refractivity contribution in [2.24, 2.45) is 5.73 Å². The van der Waals surface area contributed by atoms with E-state index < -0.39 is 0 Å². The Kier molecular flexibility index (Phi) is 5.49. The zero-order valence-corrected chi connectivity index (χ0v) is 11.4. The average Bonchev–Trinajstić information content (AvgIpc) is 2.47. The molecule has 2 rings (SSSR count). The number of carbonyl (C=O) groups excluding carboxylic acids is 1. The summed E-state index contributed by atoms with van der Waals surface area (Å²) in [4.78, 5) is 14.0. The largest absolute Gasteiger partial charge is 0.394 e. The maximum Gasteiger partial charge on any atom is 0.238 e. The fourth-order valence-corrected chi connectivity index (χ4v) is 2.21. The Balaban J connectivity index is 1.85. The van der Waals surface area contributed by atoms with Crippen LogP contribution in [0.4, 0.5) is 5.69 Å². The molecule has 0 radical (unpaired) electrons. The van der Waals surface area contributed by atoms with Gasteiger partial charge in [0.2, 0.25) is 5.91 Å². The Bertz CT molecular complexity index is 453. The van der Waals surface area contributed by atoms with Gasteiger partial charge in [0.1, 0.15) is 0 Å². The number of nitrogens with one attached hydrogen (secondary N) is 1. The highest BCUT2D eigenvalue weighted by atomic mass is 16.5. The van der Waals surface area contributed by atoms with Crippen LogP contribution in [0.2, 0.25) is 0 Å². The smallest absolute Gasteiger partial charge is 0.238 e. The number of aliphatic hydroxyl groups excluding tert-OH is 1. The van der Waals surface area contributed by atoms with Gasteiger partial charge in [0.25, 0.3) is 0 Å². The molecule has 6 nitrogen and oxygen atoms in total. The first-order valence-corrected chi connectivity index (χ1v) is 6.75. The van der Waals surface area contributed by atoms with Crippen LogP contribution in [0.3, 0.4) is 0 Å². The Morgan fingerprint density at radius 2 is 2.40 bits per heavy atom. The normalized spacial score (nSPS) is 19.8. The summed E-state index contributed by atoms with van der Waals surface area (Å²) in [7, 11) is 0. The molecule has 1 aromatic carbocycles. The number of anilines is 1. The highest BCUT2D eigenvalue weighted by molar-refractivity contribution is 5.92. The Labute approximate surface area is 118 Å². The molecule has 1 unspecified atom stereocenters. The summed E-state index contributed by atoms with van der Waals surface area (Å²) in [6, 6.07) is 7.50. The highest BCUT2D eigenvalue weighted by Crippen LogP contribution is 2.10. The Morgan fingerprint density at radius 3 is 3.15 bits per heavy atom. The zero-order chi connectivity index (χ0) is 14.4. The molecule has 1 atom stereocenters. The van der Waals surface area contributed by atoms with Gasteiger partial charge in [-0.1, -0.05) is 12.1 Å². The Hall–Kier alpha value is -1.47. The van der Waals surface area contributed by atoms with Gasteiger partial charge in [-0.25, -0.2) is 0 Å². The fourth-order valence-electron chi connectivity index (χ4n) is 2.21. The SMILES string of the molecule is NCc1cccc(NC(=O)CN2CCOC(CO)C2)c1. The molecular weight excluding hydrogens is 258 g/mol. The molecule has 1 fully saturated rings. The van der Waals surface area contributed by atoms with Crippen LogP contribution in [0.25, 0.3) is 0 Å². The van der Waals surface area contributed by atoms with Gasteiger partial charge in [0.15, 0.2) is 0 Å². The molecule has 1 aromatic rings. The molecule has 0 aliphatic carbocycles. The van der Waals surface area contributed by atoms with Crippen molar-refractivity contribution in [3.63, 3.8) is 0 Å². The molecule has 1 amide bonds. The van der Waals surface area contributed by atoms with E-state index >= 15 is 0 Å². The van der Waals surface area contributed by atoms with Gasteiger partial charge in [-0.15, -0.1) is 0 Å². The van der Waals surface area contributed by atoms with Crippen LogP contribution in [0.1, 0.15) is 5.56 Å². The van der Waals surface area contributed by atoms with Crippen molar-refractivity contribution in [2.45, 2.75) is 12.6 Å². The summed E-state index contributed by atoms with van der Waals surface area (Å²) in [5.74, 6) is -0.0715. The van der Waals surface area contributed by atoms with Gasteiger partial charge in [-0.2, -0.15) is 0 Å². The maximum atomic E-state index is 12.0. The number of morpholine rings is 1. The lowest BCUT2D eigenvalue weighted by Crippen LogP contribution is -2.46. The van der Waals surface area contributed by atoms with Crippen molar-refractivity contribution in [2.75, 3.05) is 38.2 Å². The van der Waals surface area contributed by atoms with E-state index in [1.54, 1.807) is 0 Å². The topological polar surface area (TPSA) is 87.8 Å². The van der Waals surface area contributed by atoms with E-state index in [0.717, 1.165) is 11.3 Å². The molecular formula is C14H21N3O3. The lowest BCUT2D eigenvalue weighted by atomic mass is 10.2. The molecule has 1 heterocycles. The summed E-state index contributed by atoms with van der Waals surface area (Å²) in [6.45, 7) is 2.55. The van der Waals surface area contributed by atoms with Gasteiger partial charge in [-0.05, 0) is 17.7 Å². The molecule has 110 valence electrons.